The van der Waals surface area contributed by atoms with E-state index in [0.717, 1.165) is 38.0 Å². The van der Waals surface area contributed by atoms with Crippen molar-refractivity contribution in [3.63, 3.8) is 0 Å². The number of likely N-dealkylation sites (N-methyl/N-ethyl adjacent to an activating group) is 1. The van der Waals surface area contributed by atoms with Crippen LogP contribution in [-0.2, 0) is 12.8 Å². The molecule has 0 aliphatic rings. The molecular formula is C18H32N2O. The lowest BCUT2D eigenvalue weighted by molar-refractivity contribution is -0.0345. The third-order valence-corrected chi connectivity index (χ3v) is 4.93. The molecule has 120 valence electrons. The van der Waals surface area contributed by atoms with Crippen molar-refractivity contribution in [2.24, 2.45) is 0 Å². The SMILES string of the molecule is CCc1ccc(CC(O)C(CC)(CC)N(CC)CC)nc1. The van der Waals surface area contributed by atoms with Crippen LogP contribution in [-0.4, -0.2) is 39.7 Å². The Balaban J connectivity index is 2.92. The first kappa shape index (κ1) is 18.1. The van der Waals surface area contributed by atoms with Gasteiger partial charge in [0.15, 0.2) is 0 Å². The number of pyridine rings is 1. The number of hydrogen-bond donors (Lipinski definition) is 1. The lowest BCUT2D eigenvalue weighted by Gasteiger charge is -2.45. The molecule has 0 aromatic carbocycles. The van der Waals surface area contributed by atoms with Crippen molar-refractivity contribution >= 4 is 0 Å². The van der Waals surface area contributed by atoms with Crippen molar-refractivity contribution in [3.05, 3.63) is 29.6 Å². The highest BCUT2D eigenvalue weighted by atomic mass is 16.3. The topological polar surface area (TPSA) is 36.4 Å². The predicted octanol–water partition coefficient (Wildman–Crippen LogP) is 3.45. The summed E-state index contributed by atoms with van der Waals surface area (Å²) >= 11 is 0. The van der Waals surface area contributed by atoms with E-state index in [0.29, 0.717) is 6.42 Å². The van der Waals surface area contributed by atoms with Gasteiger partial charge in [0.2, 0.25) is 0 Å². The van der Waals surface area contributed by atoms with Crippen LogP contribution in [0.3, 0.4) is 0 Å². The molecule has 0 aliphatic heterocycles. The van der Waals surface area contributed by atoms with Crippen molar-refractivity contribution in [1.82, 2.24) is 9.88 Å². The summed E-state index contributed by atoms with van der Waals surface area (Å²) in [6.45, 7) is 12.8. The van der Waals surface area contributed by atoms with E-state index in [-0.39, 0.29) is 11.6 Å². The molecule has 1 atom stereocenters. The Morgan fingerprint density at radius 3 is 2.10 bits per heavy atom. The van der Waals surface area contributed by atoms with Crippen molar-refractivity contribution < 1.29 is 5.11 Å². The minimum absolute atomic E-state index is 0.144. The van der Waals surface area contributed by atoms with Gasteiger partial charge in [-0.05, 0) is 44.0 Å². The van der Waals surface area contributed by atoms with Gasteiger partial charge in [-0.2, -0.15) is 0 Å². The summed E-state index contributed by atoms with van der Waals surface area (Å²) < 4.78 is 0. The standard InChI is InChI=1S/C18H32N2O/c1-6-15-11-12-16(19-14-15)13-17(21)18(7-2,8-3)20(9-4)10-5/h11-12,14,17,21H,6-10,13H2,1-5H3. The third kappa shape index (κ3) is 4.04. The highest BCUT2D eigenvalue weighted by Gasteiger charge is 2.39. The molecule has 0 saturated carbocycles. The maximum atomic E-state index is 10.9. The molecule has 1 aromatic rings. The van der Waals surface area contributed by atoms with Crippen LogP contribution in [0.4, 0.5) is 0 Å². The van der Waals surface area contributed by atoms with Crippen molar-refractivity contribution in [2.75, 3.05) is 13.1 Å². The van der Waals surface area contributed by atoms with E-state index >= 15 is 0 Å². The van der Waals surface area contributed by atoms with E-state index in [1.807, 2.05) is 6.20 Å². The fraction of sp³-hybridized carbons (Fsp3) is 0.722. The molecule has 0 fully saturated rings. The largest absolute Gasteiger partial charge is 0.391 e. The Labute approximate surface area is 130 Å². The molecule has 1 unspecified atom stereocenters. The molecule has 1 aromatic heterocycles. The summed E-state index contributed by atoms with van der Waals surface area (Å²) in [7, 11) is 0. The summed E-state index contributed by atoms with van der Waals surface area (Å²) in [5.41, 5.74) is 2.08. The lowest BCUT2D eigenvalue weighted by atomic mass is 9.82. The number of aryl methyl sites for hydroxylation is 1. The summed E-state index contributed by atoms with van der Waals surface area (Å²) in [4.78, 5) is 6.90. The minimum atomic E-state index is -0.382. The van der Waals surface area contributed by atoms with Gasteiger partial charge in [-0.1, -0.05) is 40.7 Å². The fourth-order valence-corrected chi connectivity index (χ4v) is 3.41. The van der Waals surface area contributed by atoms with Crippen molar-refractivity contribution in [3.8, 4) is 0 Å². The quantitative estimate of drug-likeness (QED) is 0.757. The molecule has 0 radical (unpaired) electrons. The summed E-state index contributed by atoms with van der Waals surface area (Å²) in [5, 5.41) is 10.9. The van der Waals surface area contributed by atoms with Gasteiger partial charge in [0.05, 0.1) is 6.10 Å². The van der Waals surface area contributed by atoms with Gasteiger partial charge in [0.1, 0.15) is 0 Å². The number of nitrogens with zero attached hydrogens (tertiary/aromatic N) is 2. The van der Waals surface area contributed by atoms with Crippen LogP contribution in [0.2, 0.25) is 0 Å². The van der Waals surface area contributed by atoms with Gasteiger partial charge in [0.25, 0.3) is 0 Å². The van der Waals surface area contributed by atoms with Crippen LogP contribution in [0.5, 0.6) is 0 Å². The summed E-state index contributed by atoms with van der Waals surface area (Å²) in [6, 6.07) is 4.17. The molecule has 1 heterocycles. The second kappa shape index (κ2) is 8.50. The second-order valence-corrected chi connectivity index (χ2v) is 5.71. The molecule has 0 bridgehead atoms. The van der Waals surface area contributed by atoms with Gasteiger partial charge >= 0.3 is 0 Å². The number of aliphatic hydroxyl groups excluding tert-OH is 1. The zero-order valence-electron chi connectivity index (χ0n) is 14.4. The number of rotatable bonds is 9. The van der Waals surface area contributed by atoms with E-state index in [4.69, 9.17) is 0 Å². The molecule has 21 heavy (non-hydrogen) atoms. The van der Waals surface area contributed by atoms with E-state index in [2.05, 4.69) is 56.6 Å². The van der Waals surface area contributed by atoms with Crippen molar-refractivity contribution in [2.45, 2.75) is 71.9 Å². The number of aliphatic hydroxyl groups is 1. The molecule has 3 nitrogen and oxygen atoms in total. The average molecular weight is 292 g/mol. The first-order chi connectivity index (χ1) is 10.1. The van der Waals surface area contributed by atoms with Crippen LogP contribution >= 0.6 is 0 Å². The molecule has 0 spiro atoms. The van der Waals surface area contributed by atoms with E-state index < -0.39 is 0 Å². The molecule has 0 aliphatic carbocycles. The smallest absolute Gasteiger partial charge is 0.0778 e. The molecule has 3 heteroatoms. The predicted molar refractivity (Wildman–Crippen MR) is 89.6 cm³/mol. The number of hydrogen-bond acceptors (Lipinski definition) is 3. The molecular weight excluding hydrogens is 260 g/mol. The highest BCUT2D eigenvalue weighted by Crippen LogP contribution is 2.29. The Morgan fingerprint density at radius 2 is 1.71 bits per heavy atom. The zero-order valence-corrected chi connectivity index (χ0v) is 14.4. The second-order valence-electron chi connectivity index (χ2n) is 5.71. The highest BCUT2D eigenvalue weighted by molar-refractivity contribution is 5.15. The average Bonchev–Trinajstić information content (AvgIpc) is 2.53. The first-order valence-electron chi connectivity index (χ1n) is 8.44. The van der Waals surface area contributed by atoms with Gasteiger partial charge in [-0.15, -0.1) is 0 Å². The lowest BCUT2D eigenvalue weighted by Crippen LogP contribution is -2.56. The van der Waals surface area contributed by atoms with Crippen molar-refractivity contribution in [1.29, 1.82) is 0 Å². The third-order valence-electron chi connectivity index (χ3n) is 4.93. The van der Waals surface area contributed by atoms with Gasteiger partial charge in [0, 0.05) is 23.9 Å². The molecule has 1 rings (SSSR count). The maximum absolute atomic E-state index is 10.9. The van der Waals surface area contributed by atoms with Gasteiger partial charge in [-0.25, -0.2) is 0 Å². The Morgan fingerprint density at radius 1 is 1.10 bits per heavy atom. The molecule has 1 N–H and O–H groups in total. The van der Waals surface area contributed by atoms with Crippen LogP contribution in [0.25, 0.3) is 0 Å². The Kier molecular flexibility index (Phi) is 7.33. The summed E-state index contributed by atoms with van der Waals surface area (Å²) in [6.07, 6.45) is 5.09. The Hall–Kier alpha value is -0.930. The number of aromatic nitrogens is 1. The van der Waals surface area contributed by atoms with Crippen LogP contribution in [0, 0.1) is 0 Å². The minimum Gasteiger partial charge on any atom is -0.391 e. The fourth-order valence-electron chi connectivity index (χ4n) is 3.41. The van der Waals surface area contributed by atoms with Crippen LogP contribution < -0.4 is 0 Å². The van der Waals surface area contributed by atoms with Gasteiger partial charge < -0.3 is 5.11 Å². The van der Waals surface area contributed by atoms with E-state index in [1.165, 1.54) is 5.56 Å². The van der Waals surface area contributed by atoms with E-state index in [1.54, 1.807) is 0 Å². The van der Waals surface area contributed by atoms with E-state index in [9.17, 15) is 5.11 Å². The first-order valence-corrected chi connectivity index (χ1v) is 8.44. The van der Waals surface area contributed by atoms with Crippen LogP contribution in [0.15, 0.2) is 18.3 Å². The normalized spacial score (nSPS) is 13.7. The summed E-state index contributed by atoms with van der Waals surface area (Å²) in [5.74, 6) is 0. The van der Waals surface area contributed by atoms with Crippen LogP contribution in [0.1, 0.15) is 58.7 Å². The molecule has 0 amide bonds. The van der Waals surface area contributed by atoms with Gasteiger partial charge in [-0.3, -0.25) is 9.88 Å². The monoisotopic (exact) mass is 292 g/mol. The Bertz CT molecular complexity index is 394. The molecule has 0 saturated heterocycles. The zero-order chi connectivity index (χ0) is 15.9. The maximum Gasteiger partial charge on any atom is 0.0778 e.